The Kier molecular flexibility index (Phi) is 4.68. The summed E-state index contributed by atoms with van der Waals surface area (Å²) >= 11 is 3.58. The Balaban J connectivity index is 1.40. The van der Waals surface area contributed by atoms with Crippen LogP contribution in [0.4, 0.5) is 34.1 Å². The number of hydrogen-bond donors (Lipinski definition) is 0. The largest absolute Gasteiger partial charge is 0.306 e. The first kappa shape index (κ1) is 22.2. The van der Waals surface area contributed by atoms with E-state index < -0.39 is 0 Å². The number of fused-ring (bicyclic) bond motifs is 6. The molecule has 0 atom stereocenters. The summed E-state index contributed by atoms with van der Waals surface area (Å²) in [7, 11) is 0. The van der Waals surface area contributed by atoms with Crippen molar-refractivity contribution < 1.29 is 0 Å². The van der Waals surface area contributed by atoms with E-state index >= 15 is 0 Å². The van der Waals surface area contributed by atoms with Crippen molar-refractivity contribution in [1.29, 1.82) is 0 Å². The Hall–Kier alpha value is -4.64. The SMILES string of the molecule is c1ccc2cc3c(cc2c1)N(c1ccc2sccc2c1)c1cc2ccccc2cc1N3c1ccc2sccc2c1. The van der Waals surface area contributed by atoms with Crippen LogP contribution in [-0.2, 0) is 0 Å². The standard InChI is InChI=1S/C36H22N2S2/c1-2-6-24-20-32-31(19-23(24)5-1)37(29-9-11-35-27(17-29)13-15-39-35)33-21-25-7-3-4-8-26(25)22-34(33)38(32)30-10-12-36-28(18-30)14-16-40-36/h1-22H. The molecular formula is C36H22N2S2. The molecule has 0 fully saturated rings. The van der Waals surface area contributed by atoms with Gasteiger partial charge in [-0.15, -0.1) is 22.7 Å². The molecule has 1 aliphatic heterocycles. The zero-order valence-corrected chi connectivity index (χ0v) is 23.0. The van der Waals surface area contributed by atoms with Crippen LogP contribution in [0.2, 0.25) is 0 Å². The Bertz CT molecular complexity index is 2010. The van der Waals surface area contributed by atoms with Crippen molar-refractivity contribution >= 4 is 98.5 Å². The van der Waals surface area contributed by atoms with Gasteiger partial charge in [-0.2, -0.15) is 0 Å². The molecule has 0 N–H and O–H groups in total. The summed E-state index contributed by atoms with van der Waals surface area (Å²) in [6.07, 6.45) is 0. The van der Waals surface area contributed by atoms with E-state index in [1.807, 2.05) is 0 Å². The zero-order valence-electron chi connectivity index (χ0n) is 21.4. The van der Waals surface area contributed by atoms with Gasteiger partial charge in [0, 0.05) is 20.8 Å². The fourth-order valence-corrected chi connectivity index (χ4v) is 7.69. The van der Waals surface area contributed by atoms with Gasteiger partial charge in [-0.1, -0.05) is 48.5 Å². The average Bonchev–Trinajstić information content (AvgIpc) is 3.67. The molecule has 0 spiro atoms. The molecular weight excluding hydrogens is 525 g/mol. The fraction of sp³-hybridized carbons (Fsp3) is 0. The van der Waals surface area contributed by atoms with Crippen molar-refractivity contribution in [3.05, 3.63) is 132 Å². The van der Waals surface area contributed by atoms with E-state index in [9.17, 15) is 0 Å². The van der Waals surface area contributed by atoms with Crippen molar-refractivity contribution in [2.45, 2.75) is 0 Å². The third-order valence-corrected chi connectivity index (χ3v) is 9.83. The normalized spacial score (nSPS) is 12.9. The molecule has 2 aromatic heterocycles. The Morgan fingerprint density at radius 3 is 1.10 bits per heavy atom. The maximum Gasteiger partial charge on any atom is 0.0709 e. The summed E-state index contributed by atoms with van der Waals surface area (Å²) in [4.78, 5) is 4.92. The van der Waals surface area contributed by atoms with Crippen LogP contribution in [0.5, 0.6) is 0 Å². The van der Waals surface area contributed by atoms with Crippen LogP contribution < -0.4 is 9.80 Å². The van der Waals surface area contributed by atoms with Crippen LogP contribution >= 0.6 is 22.7 Å². The Morgan fingerprint density at radius 2 is 0.725 bits per heavy atom. The Morgan fingerprint density at radius 1 is 0.350 bits per heavy atom. The molecule has 6 aromatic carbocycles. The van der Waals surface area contributed by atoms with Crippen LogP contribution in [-0.4, -0.2) is 0 Å². The van der Waals surface area contributed by atoms with E-state index in [0.717, 1.165) is 0 Å². The van der Waals surface area contributed by atoms with Gasteiger partial charge in [-0.25, -0.2) is 0 Å². The number of hydrogen-bond acceptors (Lipinski definition) is 4. The number of thiophene rings is 2. The third-order valence-electron chi connectivity index (χ3n) is 8.04. The van der Waals surface area contributed by atoms with Crippen molar-refractivity contribution in [1.82, 2.24) is 0 Å². The second kappa shape index (κ2) is 8.43. The average molecular weight is 547 g/mol. The molecule has 4 heteroatoms. The van der Waals surface area contributed by atoms with Crippen molar-refractivity contribution in [2.75, 3.05) is 9.80 Å². The molecule has 0 amide bonds. The molecule has 1 aliphatic rings. The molecule has 40 heavy (non-hydrogen) atoms. The van der Waals surface area contributed by atoms with E-state index in [1.54, 1.807) is 22.7 Å². The first-order chi connectivity index (χ1) is 19.8. The second-order valence-corrected chi connectivity index (χ2v) is 12.2. The van der Waals surface area contributed by atoms with E-state index in [-0.39, 0.29) is 0 Å². The quantitative estimate of drug-likeness (QED) is 0.213. The van der Waals surface area contributed by atoms with E-state index in [0.29, 0.717) is 0 Å². The lowest BCUT2D eigenvalue weighted by Gasteiger charge is -2.41. The number of anilines is 6. The van der Waals surface area contributed by atoms with Gasteiger partial charge in [0.2, 0.25) is 0 Å². The van der Waals surface area contributed by atoms with E-state index in [2.05, 4.69) is 142 Å². The highest BCUT2D eigenvalue weighted by atomic mass is 32.1. The summed E-state index contributed by atoms with van der Waals surface area (Å²) in [6, 6.07) is 45.0. The maximum atomic E-state index is 2.46. The highest BCUT2D eigenvalue weighted by Crippen LogP contribution is 2.56. The first-order valence-corrected chi connectivity index (χ1v) is 15.2. The van der Waals surface area contributed by atoms with Crippen LogP contribution in [0.1, 0.15) is 0 Å². The summed E-state index contributed by atoms with van der Waals surface area (Å²) in [6.45, 7) is 0. The van der Waals surface area contributed by atoms with E-state index in [4.69, 9.17) is 0 Å². The predicted molar refractivity (Wildman–Crippen MR) is 175 cm³/mol. The summed E-state index contributed by atoms with van der Waals surface area (Å²) in [5.41, 5.74) is 7.07. The lowest BCUT2D eigenvalue weighted by molar-refractivity contribution is 1.18. The van der Waals surface area contributed by atoms with Gasteiger partial charge in [-0.05, 0) is 116 Å². The lowest BCUT2D eigenvalue weighted by atomic mass is 9.98. The van der Waals surface area contributed by atoms with Gasteiger partial charge >= 0.3 is 0 Å². The predicted octanol–water partition coefficient (Wildman–Crippen LogP) is 11.7. The molecule has 3 heterocycles. The van der Waals surface area contributed by atoms with Gasteiger partial charge < -0.3 is 9.80 Å². The highest BCUT2D eigenvalue weighted by molar-refractivity contribution is 7.17. The molecule has 0 aliphatic carbocycles. The Labute approximate surface area is 239 Å². The van der Waals surface area contributed by atoms with Crippen molar-refractivity contribution in [2.24, 2.45) is 0 Å². The van der Waals surface area contributed by atoms with Crippen LogP contribution in [0.15, 0.2) is 132 Å². The number of nitrogens with zero attached hydrogens (tertiary/aromatic N) is 2. The molecule has 188 valence electrons. The second-order valence-electron chi connectivity index (χ2n) is 10.3. The minimum absolute atomic E-state index is 1.17. The van der Waals surface area contributed by atoms with E-state index in [1.165, 1.54) is 75.8 Å². The third kappa shape index (κ3) is 3.27. The molecule has 0 saturated carbocycles. The zero-order chi connectivity index (χ0) is 26.2. The maximum absolute atomic E-state index is 2.46. The smallest absolute Gasteiger partial charge is 0.0709 e. The van der Waals surface area contributed by atoms with Gasteiger partial charge in [0.1, 0.15) is 0 Å². The van der Waals surface area contributed by atoms with Crippen LogP contribution in [0.25, 0.3) is 41.7 Å². The summed E-state index contributed by atoms with van der Waals surface area (Å²) in [5.74, 6) is 0. The molecule has 0 bridgehead atoms. The van der Waals surface area contributed by atoms with Gasteiger partial charge in [0.15, 0.2) is 0 Å². The minimum Gasteiger partial charge on any atom is -0.306 e. The van der Waals surface area contributed by atoms with Crippen molar-refractivity contribution in [3.8, 4) is 0 Å². The van der Waals surface area contributed by atoms with Gasteiger partial charge in [-0.3, -0.25) is 0 Å². The van der Waals surface area contributed by atoms with Crippen LogP contribution in [0, 0.1) is 0 Å². The molecule has 8 aromatic rings. The molecule has 0 radical (unpaired) electrons. The topological polar surface area (TPSA) is 6.48 Å². The summed E-state index contributed by atoms with van der Waals surface area (Å²) < 4.78 is 2.62. The summed E-state index contributed by atoms with van der Waals surface area (Å²) in [5, 5.41) is 11.8. The fourth-order valence-electron chi connectivity index (χ4n) is 6.15. The van der Waals surface area contributed by atoms with Gasteiger partial charge in [0.05, 0.1) is 22.7 Å². The molecule has 0 saturated heterocycles. The monoisotopic (exact) mass is 546 g/mol. The van der Waals surface area contributed by atoms with Crippen LogP contribution in [0.3, 0.4) is 0 Å². The first-order valence-electron chi connectivity index (χ1n) is 13.4. The highest BCUT2D eigenvalue weighted by Gasteiger charge is 2.32. The number of rotatable bonds is 2. The minimum atomic E-state index is 1.17. The molecule has 0 unspecified atom stereocenters. The van der Waals surface area contributed by atoms with Gasteiger partial charge in [0.25, 0.3) is 0 Å². The number of benzene rings is 6. The molecule has 2 nitrogen and oxygen atoms in total. The van der Waals surface area contributed by atoms with Crippen molar-refractivity contribution in [3.63, 3.8) is 0 Å². The molecule has 9 rings (SSSR count). The lowest BCUT2D eigenvalue weighted by Crippen LogP contribution is -2.24.